The van der Waals surface area contributed by atoms with Crippen LogP contribution in [0.1, 0.15) is 18.4 Å². The minimum Gasteiger partial charge on any atom is -0.396 e. The molecule has 1 aromatic rings. The van der Waals surface area contributed by atoms with Gasteiger partial charge in [0.2, 0.25) is 0 Å². The van der Waals surface area contributed by atoms with Crippen molar-refractivity contribution in [2.24, 2.45) is 0 Å². The van der Waals surface area contributed by atoms with Crippen LogP contribution in [0, 0.1) is 11.3 Å². The number of pyridine rings is 1. The molecule has 0 spiro atoms. The van der Waals surface area contributed by atoms with Crippen LogP contribution in [0.25, 0.3) is 0 Å². The van der Waals surface area contributed by atoms with Crippen LogP contribution in [0.4, 0.5) is 5.82 Å². The first kappa shape index (κ1) is 10.5. The molecule has 0 saturated heterocycles. The van der Waals surface area contributed by atoms with Gasteiger partial charge in [0.05, 0.1) is 5.56 Å². The molecule has 4 heteroatoms. The molecule has 0 unspecified atom stereocenters. The van der Waals surface area contributed by atoms with Crippen molar-refractivity contribution in [3.05, 3.63) is 23.9 Å². The number of aromatic nitrogens is 1. The molecule has 0 atom stereocenters. The normalized spacial score (nSPS) is 9.43. The molecular formula is C10H13N3O. The van der Waals surface area contributed by atoms with E-state index in [2.05, 4.69) is 10.3 Å². The molecule has 0 radical (unpaired) electrons. The summed E-state index contributed by atoms with van der Waals surface area (Å²) in [6.45, 7) is 1.02. The molecule has 4 nitrogen and oxygen atoms in total. The standard InChI is InChI=1S/C10H13N3O/c11-7-9-3-4-10(13-8-9)12-5-1-2-6-14/h3-4,8,14H,1-2,5-6H2,(H,12,13). The van der Waals surface area contributed by atoms with E-state index in [1.807, 2.05) is 6.07 Å². The first-order chi connectivity index (χ1) is 6.86. The fourth-order valence-electron chi connectivity index (χ4n) is 1.02. The zero-order valence-electron chi connectivity index (χ0n) is 7.90. The Bertz CT molecular complexity index is 302. The summed E-state index contributed by atoms with van der Waals surface area (Å²) in [5.41, 5.74) is 0.561. The lowest BCUT2D eigenvalue weighted by molar-refractivity contribution is 0.286. The Balaban J connectivity index is 2.33. The molecule has 0 saturated carbocycles. The van der Waals surface area contributed by atoms with Gasteiger partial charge in [0.25, 0.3) is 0 Å². The highest BCUT2D eigenvalue weighted by atomic mass is 16.2. The van der Waals surface area contributed by atoms with E-state index in [1.165, 1.54) is 6.20 Å². The predicted octanol–water partition coefficient (Wildman–Crippen LogP) is 1.14. The van der Waals surface area contributed by atoms with E-state index in [1.54, 1.807) is 12.1 Å². The second-order valence-corrected chi connectivity index (χ2v) is 2.90. The molecule has 14 heavy (non-hydrogen) atoms. The number of nitrogens with one attached hydrogen (secondary N) is 1. The third-order valence-electron chi connectivity index (χ3n) is 1.78. The number of hydrogen-bond acceptors (Lipinski definition) is 4. The van der Waals surface area contributed by atoms with E-state index in [0.29, 0.717) is 5.56 Å². The summed E-state index contributed by atoms with van der Waals surface area (Å²) >= 11 is 0. The number of rotatable bonds is 5. The summed E-state index contributed by atoms with van der Waals surface area (Å²) in [6.07, 6.45) is 3.25. The third-order valence-corrected chi connectivity index (χ3v) is 1.78. The molecule has 0 aliphatic carbocycles. The Hall–Kier alpha value is -1.60. The fraction of sp³-hybridized carbons (Fsp3) is 0.400. The van der Waals surface area contributed by atoms with Gasteiger partial charge in [-0.1, -0.05) is 0 Å². The average Bonchev–Trinajstić information content (AvgIpc) is 2.25. The van der Waals surface area contributed by atoms with Crippen molar-refractivity contribution in [1.82, 2.24) is 4.98 Å². The number of unbranched alkanes of at least 4 members (excludes halogenated alkanes) is 1. The van der Waals surface area contributed by atoms with Crippen LogP contribution in [-0.4, -0.2) is 23.2 Å². The van der Waals surface area contributed by atoms with Gasteiger partial charge >= 0.3 is 0 Å². The molecule has 0 aliphatic rings. The van der Waals surface area contributed by atoms with E-state index >= 15 is 0 Å². The topological polar surface area (TPSA) is 68.9 Å². The number of anilines is 1. The molecule has 0 aliphatic heterocycles. The Kier molecular flexibility index (Phi) is 4.45. The summed E-state index contributed by atoms with van der Waals surface area (Å²) in [5, 5.41) is 20.2. The maximum atomic E-state index is 8.55. The number of aliphatic hydroxyl groups excluding tert-OH is 1. The van der Waals surface area contributed by atoms with E-state index < -0.39 is 0 Å². The van der Waals surface area contributed by atoms with Crippen LogP contribution in [0.2, 0.25) is 0 Å². The van der Waals surface area contributed by atoms with Crippen molar-refractivity contribution in [1.29, 1.82) is 5.26 Å². The number of nitrogens with zero attached hydrogens (tertiary/aromatic N) is 2. The Labute approximate surface area is 83.2 Å². The zero-order valence-corrected chi connectivity index (χ0v) is 7.90. The van der Waals surface area contributed by atoms with Crippen molar-refractivity contribution in [2.75, 3.05) is 18.5 Å². The lowest BCUT2D eigenvalue weighted by Crippen LogP contribution is -2.03. The van der Waals surface area contributed by atoms with Gasteiger partial charge in [0.15, 0.2) is 0 Å². The smallest absolute Gasteiger partial charge is 0.125 e. The summed E-state index contributed by atoms with van der Waals surface area (Å²) in [5.74, 6) is 0.766. The lowest BCUT2D eigenvalue weighted by Gasteiger charge is -2.03. The summed E-state index contributed by atoms with van der Waals surface area (Å²) in [4.78, 5) is 4.05. The molecule has 1 aromatic heterocycles. The second-order valence-electron chi connectivity index (χ2n) is 2.90. The predicted molar refractivity (Wildman–Crippen MR) is 53.8 cm³/mol. The molecular weight excluding hydrogens is 178 g/mol. The molecule has 0 fully saturated rings. The highest BCUT2D eigenvalue weighted by Gasteiger charge is 1.93. The number of hydrogen-bond donors (Lipinski definition) is 2. The van der Waals surface area contributed by atoms with Gasteiger partial charge in [0.1, 0.15) is 11.9 Å². The minimum absolute atomic E-state index is 0.225. The molecule has 1 rings (SSSR count). The van der Waals surface area contributed by atoms with E-state index in [0.717, 1.165) is 25.2 Å². The Morgan fingerprint density at radius 1 is 1.43 bits per heavy atom. The number of nitriles is 1. The maximum Gasteiger partial charge on any atom is 0.125 e. The van der Waals surface area contributed by atoms with Crippen molar-refractivity contribution in [3.63, 3.8) is 0 Å². The molecule has 2 N–H and O–H groups in total. The minimum atomic E-state index is 0.225. The Morgan fingerprint density at radius 2 is 2.29 bits per heavy atom. The van der Waals surface area contributed by atoms with E-state index in [4.69, 9.17) is 10.4 Å². The molecule has 1 heterocycles. The van der Waals surface area contributed by atoms with Gasteiger partial charge in [-0.15, -0.1) is 0 Å². The van der Waals surface area contributed by atoms with Gasteiger partial charge in [-0.05, 0) is 25.0 Å². The lowest BCUT2D eigenvalue weighted by atomic mass is 10.3. The SMILES string of the molecule is N#Cc1ccc(NCCCCO)nc1. The molecule has 0 aromatic carbocycles. The number of aliphatic hydroxyl groups is 1. The van der Waals surface area contributed by atoms with Gasteiger partial charge in [-0.2, -0.15) is 5.26 Å². The van der Waals surface area contributed by atoms with Crippen LogP contribution in [0.15, 0.2) is 18.3 Å². The highest BCUT2D eigenvalue weighted by molar-refractivity contribution is 5.38. The second kappa shape index (κ2) is 5.95. The van der Waals surface area contributed by atoms with Crippen molar-refractivity contribution in [3.8, 4) is 6.07 Å². The molecule has 0 amide bonds. The van der Waals surface area contributed by atoms with Gasteiger partial charge in [0, 0.05) is 19.3 Å². The molecule has 0 bridgehead atoms. The van der Waals surface area contributed by atoms with Crippen LogP contribution >= 0.6 is 0 Å². The monoisotopic (exact) mass is 191 g/mol. The maximum absolute atomic E-state index is 8.55. The van der Waals surface area contributed by atoms with Crippen LogP contribution in [0.5, 0.6) is 0 Å². The largest absolute Gasteiger partial charge is 0.396 e. The van der Waals surface area contributed by atoms with Crippen molar-refractivity contribution >= 4 is 5.82 Å². The van der Waals surface area contributed by atoms with Gasteiger partial charge in [-0.25, -0.2) is 4.98 Å². The van der Waals surface area contributed by atoms with E-state index in [9.17, 15) is 0 Å². The van der Waals surface area contributed by atoms with E-state index in [-0.39, 0.29) is 6.61 Å². The van der Waals surface area contributed by atoms with Crippen LogP contribution in [-0.2, 0) is 0 Å². The zero-order chi connectivity index (χ0) is 10.2. The van der Waals surface area contributed by atoms with Gasteiger partial charge in [-0.3, -0.25) is 0 Å². The Morgan fingerprint density at radius 3 is 2.86 bits per heavy atom. The van der Waals surface area contributed by atoms with Gasteiger partial charge < -0.3 is 10.4 Å². The summed E-state index contributed by atoms with van der Waals surface area (Å²) in [7, 11) is 0. The fourth-order valence-corrected chi connectivity index (χ4v) is 1.02. The first-order valence-electron chi connectivity index (χ1n) is 4.57. The van der Waals surface area contributed by atoms with Crippen LogP contribution < -0.4 is 5.32 Å². The highest BCUT2D eigenvalue weighted by Crippen LogP contribution is 2.03. The van der Waals surface area contributed by atoms with Crippen molar-refractivity contribution in [2.45, 2.75) is 12.8 Å². The first-order valence-corrected chi connectivity index (χ1v) is 4.57. The summed E-state index contributed by atoms with van der Waals surface area (Å²) in [6, 6.07) is 5.51. The van der Waals surface area contributed by atoms with Crippen molar-refractivity contribution < 1.29 is 5.11 Å². The summed E-state index contributed by atoms with van der Waals surface area (Å²) < 4.78 is 0. The molecule has 74 valence electrons. The third kappa shape index (κ3) is 3.42. The quantitative estimate of drug-likeness (QED) is 0.685. The van der Waals surface area contributed by atoms with Crippen LogP contribution in [0.3, 0.4) is 0 Å². The average molecular weight is 191 g/mol.